The molecule has 0 saturated heterocycles. The van der Waals surface area contributed by atoms with Crippen LogP contribution in [0.4, 0.5) is 0 Å². The molecule has 0 bridgehead atoms. The zero-order valence-corrected chi connectivity index (χ0v) is 26.2. The molecule has 4 aromatic carbocycles. The second-order valence-electron chi connectivity index (χ2n) is 11.3. The first kappa shape index (κ1) is 31.6. The largest absolute Gasteiger partial charge is 0.496 e. The highest BCUT2D eigenvalue weighted by Crippen LogP contribution is 2.46. The van der Waals surface area contributed by atoms with E-state index >= 15 is 0 Å². The number of hydrogen-bond donors (Lipinski definition) is 0. The Kier molecular flexibility index (Phi) is 10.4. The molecule has 0 aromatic heterocycles. The van der Waals surface area contributed by atoms with E-state index in [0.29, 0.717) is 22.6 Å². The lowest BCUT2D eigenvalue weighted by molar-refractivity contribution is 0.100. The molecule has 224 valence electrons. The molecule has 5 heteroatoms. The molecule has 1 saturated carbocycles. The minimum atomic E-state index is 0.0253. The first-order chi connectivity index (χ1) is 20.7. The highest BCUT2D eigenvalue weighted by molar-refractivity contribution is 5.94. The van der Waals surface area contributed by atoms with Crippen molar-refractivity contribution in [2.75, 3.05) is 14.2 Å². The average molecular weight is 579 g/mol. The number of hydrogen-bond acceptors (Lipinski definition) is 5. The van der Waals surface area contributed by atoms with Gasteiger partial charge >= 0.3 is 0 Å². The van der Waals surface area contributed by atoms with Gasteiger partial charge in [0.15, 0.2) is 11.6 Å². The average Bonchev–Trinajstić information content (AvgIpc) is 3.02. The zero-order valence-electron chi connectivity index (χ0n) is 26.2. The Labute approximate surface area is 255 Å². The van der Waals surface area contributed by atoms with Gasteiger partial charge in [-0.25, -0.2) is 0 Å². The van der Waals surface area contributed by atoms with E-state index in [1.54, 1.807) is 62.8 Å². The van der Waals surface area contributed by atoms with Crippen molar-refractivity contribution >= 4 is 11.6 Å². The standard InChI is InChI=1S/C22H28O2.C16H14O3/c1-16-14-18(8-10-20(16)23-3)22(12-6-5-7-13-22)19-9-11-21(24-4)17(2)15-19;1-11(17)13-3-7-15(8-4-13)19-16-9-5-14(6-10-16)12(2)18/h8-11,14-15H,5-7,12-13H2,1-4H3;3-10H,1-2H3. The summed E-state index contributed by atoms with van der Waals surface area (Å²) in [6.45, 7) is 7.32. The van der Waals surface area contributed by atoms with Gasteiger partial charge in [0.1, 0.15) is 23.0 Å². The zero-order chi connectivity index (χ0) is 31.0. The van der Waals surface area contributed by atoms with Gasteiger partial charge in [-0.2, -0.15) is 0 Å². The van der Waals surface area contributed by atoms with Crippen LogP contribution in [0.2, 0.25) is 0 Å². The molecule has 1 aliphatic carbocycles. The Hall–Kier alpha value is -4.38. The third-order valence-corrected chi connectivity index (χ3v) is 8.36. The third kappa shape index (κ3) is 7.53. The Morgan fingerprint density at radius 3 is 1.30 bits per heavy atom. The first-order valence-electron chi connectivity index (χ1n) is 14.9. The van der Waals surface area contributed by atoms with Crippen LogP contribution >= 0.6 is 0 Å². The molecule has 0 spiro atoms. The van der Waals surface area contributed by atoms with Crippen LogP contribution in [-0.4, -0.2) is 25.8 Å². The molecule has 1 fully saturated rings. The minimum absolute atomic E-state index is 0.0253. The fraction of sp³-hybridized carbons (Fsp3) is 0.316. The molecule has 1 aliphatic rings. The van der Waals surface area contributed by atoms with E-state index < -0.39 is 0 Å². The number of Topliss-reactive ketones (excluding diaryl/α,β-unsaturated/α-hetero) is 2. The van der Waals surface area contributed by atoms with Gasteiger partial charge < -0.3 is 14.2 Å². The number of benzene rings is 4. The quantitative estimate of drug-likeness (QED) is 0.195. The van der Waals surface area contributed by atoms with Crippen molar-refractivity contribution < 1.29 is 23.8 Å². The molecule has 0 aliphatic heterocycles. The summed E-state index contributed by atoms with van der Waals surface area (Å²) in [6, 6.07) is 27.3. The van der Waals surface area contributed by atoms with Crippen LogP contribution in [0.15, 0.2) is 84.9 Å². The van der Waals surface area contributed by atoms with E-state index in [1.165, 1.54) is 68.2 Å². The summed E-state index contributed by atoms with van der Waals surface area (Å²) in [5.74, 6) is 3.29. The predicted molar refractivity (Wildman–Crippen MR) is 172 cm³/mol. The van der Waals surface area contributed by atoms with Crippen molar-refractivity contribution in [2.45, 2.75) is 65.2 Å². The number of ketones is 2. The van der Waals surface area contributed by atoms with Crippen molar-refractivity contribution in [2.24, 2.45) is 0 Å². The van der Waals surface area contributed by atoms with Gasteiger partial charge in [0.05, 0.1) is 14.2 Å². The summed E-state index contributed by atoms with van der Waals surface area (Å²) in [4.78, 5) is 22.3. The molecule has 5 rings (SSSR count). The van der Waals surface area contributed by atoms with Crippen LogP contribution in [0, 0.1) is 13.8 Å². The van der Waals surface area contributed by atoms with Crippen molar-refractivity contribution in [3.8, 4) is 23.0 Å². The second kappa shape index (κ2) is 14.2. The number of carbonyl (C=O) groups excluding carboxylic acids is 2. The molecule has 0 heterocycles. The lowest BCUT2D eigenvalue weighted by atomic mass is 9.65. The first-order valence-corrected chi connectivity index (χ1v) is 14.9. The van der Waals surface area contributed by atoms with Gasteiger partial charge in [0.25, 0.3) is 0 Å². The number of ether oxygens (including phenoxy) is 3. The molecule has 4 aromatic rings. The van der Waals surface area contributed by atoms with E-state index in [9.17, 15) is 9.59 Å². The number of rotatable bonds is 8. The SMILES string of the molecule is CC(=O)c1ccc(Oc2ccc(C(C)=O)cc2)cc1.COc1ccc(C2(c3ccc(OC)c(C)c3)CCCCC2)cc1C. The van der Waals surface area contributed by atoms with Crippen LogP contribution in [0.3, 0.4) is 0 Å². The van der Waals surface area contributed by atoms with Crippen molar-refractivity contribution in [3.05, 3.63) is 118 Å². The maximum atomic E-state index is 11.1. The van der Waals surface area contributed by atoms with Crippen LogP contribution in [0.5, 0.6) is 23.0 Å². The topological polar surface area (TPSA) is 61.8 Å². The van der Waals surface area contributed by atoms with Gasteiger partial charge in [-0.15, -0.1) is 0 Å². The second-order valence-corrected chi connectivity index (χ2v) is 11.3. The lowest BCUT2D eigenvalue weighted by Crippen LogP contribution is -2.30. The molecule has 0 N–H and O–H groups in total. The molecule has 0 atom stereocenters. The van der Waals surface area contributed by atoms with Gasteiger partial charge in [-0.3, -0.25) is 9.59 Å². The molecule has 5 nitrogen and oxygen atoms in total. The lowest BCUT2D eigenvalue weighted by Gasteiger charge is -2.39. The van der Waals surface area contributed by atoms with E-state index in [2.05, 4.69) is 50.2 Å². The summed E-state index contributed by atoms with van der Waals surface area (Å²) in [7, 11) is 3.48. The smallest absolute Gasteiger partial charge is 0.159 e. The number of methoxy groups -OCH3 is 2. The maximum absolute atomic E-state index is 11.1. The summed E-state index contributed by atoms with van der Waals surface area (Å²) >= 11 is 0. The summed E-state index contributed by atoms with van der Waals surface area (Å²) in [5, 5.41) is 0. The molecule has 0 radical (unpaired) electrons. The Bertz CT molecular complexity index is 1430. The molecule has 0 amide bonds. The van der Waals surface area contributed by atoms with Gasteiger partial charge in [0.2, 0.25) is 0 Å². The van der Waals surface area contributed by atoms with Crippen LogP contribution in [0.1, 0.15) is 88.9 Å². The fourth-order valence-electron chi connectivity index (χ4n) is 5.90. The Morgan fingerprint density at radius 1 is 0.581 bits per heavy atom. The number of carbonyl (C=O) groups is 2. The molecular weight excluding hydrogens is 536 g/mol. The normalized spacial score (nSPS) is 13.7. The van der Waals surface area contributed by atoms with Gasteiger partial charge in [-0.1, -0.05) is 43.5 Å². The summed E-state index contributed by atoms with van der Waals surface area (Å²) in [5.41, 5.74) is 6.69. The molecular formula is C38H42O5. The van der Waals surface area contributed by atoms with Crippen LogP contribution in [0.25, 0.3) is 0 Å². The predicted octanol–water partition coefficient (Wildman–Crippen LogP) is 9.45. The van der Waals surface area contributed by atoms with Crippen molar-refractivity contribution in [1.82, 2.24) is 0 Å². The number of aryl methyl sites for hydroxylation is 2. The van der Waals surface area contributed by atoms with E-state index in [4.69, 9.17) is 14.2 Å². The van der Waals surface area contributed by atoms with E-state index in [-0.39, 0.29) is 17.0 Å². The van der Waals surface area contributed by atoms with Crippen LogP contribution in [-0.2, 0) is 5.41 Å². The minimum Gasteiger partial charge on any atom is -0.496 e. The molecule has 43 heavy (non-hydrogen) atoms. The summed E-state index contributed by atoms with van der Waals surface area (Å²) < 4.78 is 16.5. The Morgan fingerprint density at radius 2 is 0.977 bits per heavy atom. The van der Waals surface area contributed by atoms with E-state index in [1.807, 2.05) is 0 Å². The highest BCUT2D eigenvalue weighted by Gasteiger charge is 2.36. The Balaban J connectivity index is 0.000000203. The fourth-order valence-corrected chi connectivity index (χ4v) is 5.90. The third-order valence-electron chi connectivity index (χ3n) is 8.36. The highest BCUT2D eigenvalue weighted by atomic mass is 16.5. The monoisotopic (exact) mass is 578 g/mol. The van der Waals surface area contributed by atoms with Gasteiger partial charge in [-0.05, 0) is 123 Å². The van der Waals surface area contributed by atoms with Crippen molar-refractivity contribution in [3.63, 3.8) is 0 Å². The van der Waals surface area contributed by atoms with E-state index in [0.717, 1.165) is 11.5 Å². The van der Waals surface area contributed by atoms with Gasteiger partial charge in [0, 0.05) is 16.5 Å². The molecule has 0 unspecified atom stereocenters. The summed E-state index contributed by atoms with van der Waals surface area (Å²) in [6.07, 6.45) is 6.34. The maximum Gasteiger partial charge on any atom is 0.159 e. The van der Waals surface area contributed by atoms with Crippen molar-refractivity contribution in [1.29, 1.82) is 0 Å². The van der Waals surface area contributed by atoms with Crippen LogP contribution < -0.4 is 14.2 Å².